The van der Waals surface area contributed by atoms with E-state index in [0.29, 0.717) is 19.5 Å². The molecule has 1 aliphatic carbocycles. The number of aliphatic carboxylic acids is 1. The van der Waals surface area contributed by atoms with Gasteiger partial charge in [0.1, 0.15) is 0 Å². The van der Waals surface area contributed by atoms with Crippen LogP contribution in [-0.2, 0) is 9.59 Å². The molecule has 1 aliphatic heterocycles. The van der Waals surface area contributed by atoms with Crippen LogP contribution in [0.3, 0.4) is 0 Å². The van der Waals surface area contributed by atoms with E-state index in [4.69, 9.17) is 0 Å². The third-order valence-corrected chi connectivity index (χ3v) is 4.97. The number of carbonyl (C=O) groups excluding carboxylic acids is 1. The van der Waals surface area contributed by atoms with Gasteiger partial charge in [0.25, 0.3) is 0 Å². The average molecular weight is 253 g/mol. The Hall–Kier alpha value is -1.06. The van der Waals surface area contributed by atoms with Crippen molar-refractivity contribution in [1.29, 1.82) is 0 Å². The highest BCUT2D eigenvalue weighted by atomic mass is 16.4. The molecule has 1 N–H and O–H groups in total. The molecule has 1 heterocycles. The highest BCUT2D eigenvalue weighted by Gasteiger charge is 2.48. The summed E-state index contributed by atoms with van der Waals surface area (Å²) in [6, 6.07) is 0. The lowest BCUT2D eigenvalue weighted by Gasteiger charge is -2.32. The molecular formula is C14H23NO3. The Labute approximate surface area is 108 Å². The Morgan fingerprint density at radius 1 is 1.22 bits per heavy atom. The van der Waals surface area contributed by atoms with E-state index in [9.17, 15) is 14.7 Å². The van der Waals surface area contributed by atoms with Crippen molar-refractivity contribution in [3.63, 3.8) is 0 Å². The summed E-state index contributed by atoms with van der Waals surface area (Å²) in [5.41, 5.74) is -0.938. The van der Waals surface area contributed by atoms with Crippen molar-refractivity contribution in [2.75, 3.05) is 13.1 Å². The topological polar surface area (TPSA) is 57.6 Å². The lowest BCUT2D eigenvalue weighted by molar-refractivity contribution is -0.148. The molecule has 0 bridgehead atoms. The molecule has 2 rings (SSSR count). The van der Waals surface area contributed by atoms with Crippen molar-refractivity contribution < 1.29 is 14.7 Å². The van der Waals surface area contributed by atoms with Gasteiger partial charge in [-0.1, -0.05) is 19.8 Å². The molecule has 18 heavy (non-hydrogen) atoms. The summed E-state index contributed by atoms with van der Waals surface area (Å²) in [6.07, 6.45) is 5.67. The predicted molar refractivity (Wildman–Crippen MR) is 68.1 cm³/mol. The van der Waals surface area contributed by atoms with Crippen LogP contribution in [0.25, 0.3) is 0 Å². The van der Waals surface area contributed by atoms with Crippen LogP contribution in [0, 0.1) is 10.8 Å². The van der Waals surface area contributed by atoms with E-state index in [1.807, 2.05) is 0 Å². The second kappa shape index (κ2) is 4.56. The van der Waals surface area contributed by atoms with E-state index in [1.54, 1.807) is 11.8 Å². The quantitative estimate of drug-likeness (QED) is 0.839. The zero-order valence-electron chi connectivity index (χ0n) is 11.4. The van der Waals surface area contributed by atoms with Crippen LogP contribution in [0.5, 0.6) is 0 Å². The van der Waals surface area contributed by atoms with E-state index in [2.05, 4.69) is 6.92 Å². The van der Waals surface area contributed by atoms with Crippen LogP contribution < -0.4 is 0 Å². The van der Waals surface area contributed by atoms with Gasteiger partial charge in [0, 0.05) is 18.5 Å². The molecule has 102 valence electrons. The lowest BCUT2D eigenvalue weighted by atomic mass is 9.82. The van der Waals surface area contributed by atoms with Crippen LogP contribution in [0.4, 0.5) is 0 Å². The number of carboxylic acids is 1. The summed E-state index contributed by atoms with van der Waals surface area (Å²) in [6.45, 7) is 4.80. The smallest absolute Gasteiger partial charge is 0.311 e. The largest absolute Gasteiger partial charge is 0.481 e. The fraction of sp³-hybridized carbons (Fsp3) is 0.857. The van der Waals surface area contributed by atoms with Gasteiger partial charge in [0.2, 0.25) is 5.91 Å². The zero-order chi connectivity index (χ0) is 13.4. The minimum Gasteiger partial charge on any atom is -0.481 e. The van der Waals surface area contributed by atoms with Crippen molar-refractivity contribution in [3.8, 4) is 0 Å². The van der Waals surface area contributed by atoms with Crippen LogP contribution in [0.15, 0.2) is 0 Å². The first kappa shape index (κ1) is 13.4. The van der Waals surface area contributed by atoms with Crippen LogP contribution in [0.2, 0.25) is 0 Å². The summed E-state index contributed by atoms with van der Waals surface area (Å²) in [5.74, 6) is -0.581. The fourth-order valence-corrected chi connectivity index (χ4v) is 3.41. The molecule has 1 saturated carbocycles. The fourth-order valence-electron chi connectivity index (χ4n) is 3.41. The molecule has 2 fully saturated rings. The molecule has 4 nitrogen and oxygen atoms in total. The predicted octanol–water partition coefficient (Wildman–Crippen LogP) is 2.28. The second-order valence-electron chi connectivity index (χ2n) is 6.18. The first-order valence-electron chi connectivity index (χ1n) is 6.96. The molecule has 1 saturated heterocycles. The van der Waals surface area contributed by atoms with E-state index in [0.717, 1.165) is 32.1 Å². The second-order valence-corrected chi connectivity index (χ2v) is 6.18. The summed E-state index contributed by atoms with van der Waals surface area (Å²) in [4.78, 5) is 25.7. The Kier molecular flexibility index (Phi) is 3.39. The third kappa shape index (κ3) is 2.02. The number of hydrogen-bond donors (Lipinski definition) is 1. The van der Waals surface area contributed by atoms with E-state index < -0.39 is 11.4 Å². The molecular weight excluding hydrogens is 230 g/mol. The zero-order valence-corrected chi connectivity index (χ0v) is 11.4. The van der Waals surface area contributed by atoms with Gasteiger partial charge in [0.05, 0.1) is 5.41 Å². The molecule has 4 heteroatoms. The van der Waals surface area contributed by atoms with Crippen LogP contribution in [0.1, 0.15) is 52.4 Å². The van der Waals surface area contributed by atoms with Crippen LogP contribution >= 0.6 is 0 Å². The van der Waals surface area contributed by atoms with E-state index in [-0.39, 0.29) is 11.3 Å². The molecule has 0 aromatic heterocycles. The minimum absolute atomic E-state index is 0.191. The van der Waals surface area contributed by atoms with E-state index >= 15 is 0 Å². The summed E-state index contributed by atoms with van der Waals surface area (Å²) in [7, 11) is 0. The van der Waals surface area contributed by atoms with Crippen LogP contribution in [-0.4, -0.2) is 35.0 Å². The molecule has 0 aromatic rings. The highest BCUT2D eigenvalue weighted by Crippen LogP contribution is 2.44. The third-order valence-electron chi connectivity index (χ3n) is 4.97. The number of likely N-dealkylation sites (tertiary alicyclic amines) is 1. The number of nitrogens with zero attached hydrogens (tertiary/aromatic N) is 1. The van der Waals surface area contributed by atoms with Crippen molar-refractivity contribution in [1.82, 2.24) is 4.90 Å². The summed E-state index contributed by atoms with van der Waals surface area (Å²) in [5, 5.41) is 9.22. The molecule has 1 amide bonds. The minimum atomic E-state index is -0.783. The molecule has 0 radical (unpaired) electrons. The Morgan fingerprint density at radius 2 is 1.83 bits per heavy atom. The van der Waals surface area contributed by atoms with Crippen molar-refractivity contribution >= 4 is 11.9 Å². The SMILES string of the molecule is CCC1(C(=O)N2CCC(C)(C(=O)O)C2)CCCC1. The highest BCUT2D eigenvalue weighted by molar-refractivity contribution is 5.85. The Balaban J connectivity index is 2.10. The number of carboxylic acid groups (broad SMARTS) is 1. The van der Waals surface area contributed by atoms with Gasteiger partial charge in [-0.3, -0.25) is 9.59 Å². The average Bonchev–Trinajstić information content (AvgIpc) is 2.96. The van der Waals surface area contributed by atoms with Gasteiger partial charge in [0.15, 0.2) is 0 Å². The first-order valence-corrected chi connectivity index (χ1v) is 6.96. The van der Waals surface area contributed by atoms with Gasteiger partial charge in [-0.05, 0) is 32.6 Å². The van der Waals surface area contributed by atoms with Crippen molar-refractivity contribution in [2.45, 2.75) is 52.4 Å². The van der Waals surface area contributed by atoms with Gasteiger partial charge in [-0.2, -0.15) is 0 Å². The monoisotopic (exact) mass is 253 g/mol. The number of hydrogen-bond acceptors (Lipinski definition) is 2. The summed E-state index contributed by atoms with van der Waals surface area (Å²) >= 11 is 0. The molecule has 0 aromatic carbocycles. The normalized spacial score (nSPS) is 30.7. The first-order chi connectivity index (χ1) is 8.43. The van der Waals surface area contributed by atoms with Gasteiger partial charge >= 0.3 is 5.97 Å². The number of carbonyl (C=O) groups is 2. The molecule has 0 spiro atoms. The van der Waals surface area contributed by atoms with Gasteiger partial charge < -0.3 is 10.0 Å². The van der Waals surface area contributed by atoms with Gasteiger partial charge in [-0.15, -0.1) is 0 Å². The summed E-state index contributed by atoms with van der Waals surface area (Å²) < 4.78 is 0. The standard InChI is InChI=1S/C14H23NO3/c1-3-14(6-4-5-7-14)11(16)15-9-8-13(2,10-15)12(17)18/h3-10H2,1-2H3,(H,17,18). The Bertz CT molecular complexity index is 360. The van der Waals surface area contributed by atoms with E-state index in [1.165, 1.54) is 0 Å². The molecule has 1 atom stereocenters. The Morgan fingerprint density at radius 3 is 2.28 bits per heavy atom. The number of rotatable bonds is 3. The number of amides is 1. The maximum atomic E-state index is 12.6. The molecule has 1 unspecified atom stereocenters. The maximum Gasteiger partial charge on any atom is 0.311 e. The van der Waals surface area contributed by atoms with Crippen molar-refractivity contribution in [2.24, 2.45) is 10.8 Å². The molecule has 2 aliphatic rings. The maximum absolute atomic E-state index is 12.6. The lowest BCUT2D eigenvalue weighted by Crippen LogP contribution is -2.43. The van der Waals surface area contributed by atoms with Gasteiger partial charge in [-0.25, -0.2) is 0 Å². The van der Waals surface area contributed by atoms with Crippen molar-refractivity contribution in [3.05, 3.63) is 0 Å².